The topological polar surface area (TPSA) is 273 Å². The highest BCUT2D eigenvalue weighted by Crippen LogP contribution is 2.53. The van der Waals surface area contributed by atoms with Gasteiger partial charge in [0.1, 0.15) is 78.9 Å². The fourth-order valence-corrected chi connectivity index (χ4v) is 7.33. The smallest absolute Gasteiger partial charge is 0.197 e. The Morgan fingerprint density at radius 2 is 0.867 bits per heavy atom. The van der Waals surface area contributed by atoms with Gasteiger partial charge in [0, 0.05) is 69.8 Å². The Morgan fingerprint density at radius 1 is 0.350 bits per heavy atom. The van der Waals surface area contributed by atoms with E-state index in [9.17, 15) is 60.3 Å². The van der Waals surface area contributed by atoms with E-state index in [2.05, 4.69) is 0 Å². The van der Waals surface area contributed by atoms with Crippen molar-refractivity contribution in [2.24, 2.45) is 0 Å². The van der Waals surface area contributed by atoms with Crippen LogP contribution in [0, 0.1) is 0 Å². The van der Waals surface area contributed by atoms with Crippen molar-refractivity contribution in [1.29, 1.82) is 0 Å². The SMILES string of the molecule is O=c1cc(-c2ccc(O)c(O)c2-c2c(O)cc3oc(-c4ccc(O)c(O)c4-c4ccc5oc(-c6ccccc6)cc(=O)c5c4O)cc(=O)c3c2O)oc2cc(O)cc(O)c12. The second-order valence-electron chi connectivity index (χ2n) is 13.7. The number of hydrogen-bond donors (Lipinski definition) is 9. The third kappa shape index (κ3) is 5.64. The Kier molecular flexibility index (Phi) is 8.20. The summed E-state index contributed by atoms with van der Waals surface area (Å²) in [6.07, 6.45) is 0. The summed E-state index contributed by atoms with van der Waals surface area (Å²) < 4.78 is 17.7. The van der Waals surface area contributed by atoms with Crippen LogP contribution in [0.4, 0.5) is 0 Å². The summed E-state index contributed by atoms with van der Waals surface area (Å²) in [5.74, 6) is -6.87. The number of aromatic hydroxyl groups is 9. The van der Waals surface area contributed by atoms with Crippen molar-refractivity contribution in [3.63, 3.8) is 0 Å². The summed E-state index contributed by atoms with van der Waals surface area (Å²) in [6, 6.07) is 21.9. The van der Waals surface area contributed by atoms with Crippen molar-refractivity contribution in [3.05, 3.63) is 134 Å². The van der Waals surface area contributed by atoms with E-state index in [0.717, 1.165) is 42.5 Å². The molecule has 9 aromatic rings. The molecule has 15 nitrogen and oxygen atoms in total. The van der Waals surface area contributed by atoms with Crippen molar-refractivity contribution >= 4 is 32.9 Å². The molecule has 60 heavy (non-hydrogen) atoms. The number of phenolic OH excluding ortho intramolecular Hbond substituents is 9. The van der Waals surface area contributed by atoms with Gasteiger partial charge in [0.15, 0.2) is 39.3 Å². The molecule has 3 aromatic heterocycles. The highest BCUT2D eigenvalue weighted by atomic mass is 16.4. The first kappa shape index (κ1) is 36.8. The highest BCUT2D eigenvalue weighted by molar-refractivity contribution is 6.02. The molecule has 6 aromatic carbocycles. The average molecular weight is 807 g/mol. The molecular weight excluding hydrogens is 780 g/mol. The van der Waals surface area contributed by atoms with Crippen molar-refractivity contribution < 1.29 is 59.2 Å². The zero-order chi connectivity index (χ0) is 42.3. The molecule has 0 atom stereocenters. The maximum absolute atomic E-state index is 13.9. The summed E-state index contributed by atoms with van der Waals surface area (Å²) in [6.45, 7) is 0. The van der Waals surface area contributed by atoms with Gasteiger partial charge in [-0.1, -0.05) is 30.3 Å². The van der Waals surface area contributed by atoms with E-state index in [1.165, 1.54) is 30.3 Å². The summed E-state index contributed by atoms with van der Waals surface area (Å²) in [4.78, 5) is 40.4. The lowest BCUT2D eigenvalue weighted by Gasteiger charge is -2.17. The monoisotopic (exact) mass is 806 g/mol. The van der Waals surface area contributed by atoms with Gasteiger partial charge >= 0.3 is 0 Å². The van der Waals surface area contributed by atoms with E-state index in [1.807, 2.05) is 0 Å². The predicted molar refractivity (Wildman–Crippen MR) is 217 cm³/mol. The van der Waals surface area contributed by atoms with E-state index in [1.54, 1.807) is 30.3 Å². The summed E-state index contributed by atoms with van der Waals surface area (Å²) in [5.41, 5.74) is -4.29. The maximum atomic E-state index is 13.9. The Balaban J connectivity index is 1.22. The average Bonchev–Trinajstić information content (AvgIpc) is 3.20. The molecule has 0 fully saturated rings. The van der Waals surface area contributed by atoms with Crippen LogP contribution in [-0.2, 0) is 0 Å². The molecule has 0 unspecified atom stereocenters. The second kappa shape index (κ2) is 13.4. The molecule has 0 bridgehead atoms. The zero-order valence-electron chi connectivity index (χ0n) is 30.3. The predicted octanol–water partition coefficient (Wildman–Crippen LogP) is 7.69. The molecular formula is C45H26O15. The minimum absolute atomic E-state index is 0.00469. The minimum Gasteiger partial charge on any atom is -0.508 e. The number of rotatable bonds is 5. The van der Waals surface area contributed by atoms with Crippen molar-refractivity contribution in [2.45, 2.75) is 0 Å². The quantitative estimate of drug-likeness (QED) is 0.0754. The van der Waals surface area contributed by atoms with Crippen LogP contribution in [0.25, 0.3) is 89.1 Å². The summed E-state index contributed by atoms with van der Waals surface area (Å²) in [5, 5.41) is 97.2. The molecule has 0 amide bonds. The van der Waals surface area contributed by atoms with Gasteiger partial charge in [-0.2, -0.15) is 0 Å². The lowest BCUT2D eigenvalue weighted by Crippen LogP contribution is -2.04. The molecule has 0 spiro atoms. The maximum Gasteiger partial charge on any atom is 0.197 e. The lowest BCUT2D eigenvalue weighted by molar-refractivity contribution is 0.404. The number of hydrogen-bond acceptors (Lipinski definition) is 15. The number of phenols is 9. The molecule has 0 aliphatic heterocycles. The van der Waals surface area contributed by atoms with Gasteiger partial charge in [-0.25, -0.2) is 0 Å². The molecule has 3 heterocycles. The first-order valence-electron chi connectivity index (χ1n) is 17.7. The van der Waals surface area contributed by atoms with Gasteiger partial charge in [-0.05, 0) is 36.4 Å². The van der Waals surface area contributed by atoms with Gasteiger partial charge in [0.05, 0.1) is 5.56 Å². The van der Waals surface area contributed by atoms with Crippen LogP contribution in [0.15, 0.2) is 131 Å². The van der Waals surface area contributed by atoms with Crippen molar-refractivity contribution in [3.8, 4) is 108 Å². The van der Waals surface area contributed by atoms with Crippen LogP contribution in [-0.4, -0.2) is 46.0 Å². The Morgan fingerprint density at radius 3 is 1.52 bits per heavy atom. The first-order chi connectivity index (χ1) is 28.7. The number of fused-ring (bicyclic) bond motifs is 3. The third-order valence-electron chi connectivity index (χ3n) is 10.1. The van der Waals surface area contributed by atoms with Crippen molar-refractivity contribution in [1.82, 2.24) is 0 Å². The van der Waals surface area contributed by atoms with E-state index >= 15 is 0 Å². The molecule has 0 saturated carbocycles. The minimum atomic E-state index is -0.951. The zero-order valence-corrected chi connectivity index (χ0v) is 30.3. The molecule has 0 aliphatic rings. The van der Waals surface area contributed by atoms with E-state index in [0.29, 0.717) is 5.56 Å². The molecule has 0 radical (unpaired) electrons. The van der Waals surface area contributed by atoms with Gasteiger partial charge in [0.25, 0.3) is 0 Å². The lowest BCUT2D eigenvalue weighted by atomic mass is 9.92. The summed E-state index contributed by atoms with van der Waals surface area (Å²) >= 11 is 0. The fourth-order valence-electron chi connectivity index (χ4n) is 7.33. The van der Waals surface area contributed by atoms with Gasteiger partial charge < -0.3 is 59.2 Å². The second-order valence-corrected chi connectivity index (χ2v) is 13.7. The highest BCUT2D eigenvalue weighted by Gasteiger charge is 2.29. The van der Waals surface area contributed by atoms with Crippen LogP contribution in [0.3, 0.4) is 0 Å². The molecule has 0 aliphatic carbocycles. The molecule has 9 rings (SSSR count). The Labute approximate surface area is 333 Å². The first-order valence-corrected chi connectivity index (χ1v) is 17.7. The Bertz CT molecular complexity index is 3490. The standard InChI is InChI=1S/C45H26O15/c46-19-12-25(49)38-26(50)15-33(59-34(38)13-19)21-7-10-24(48)44(56)37(21)41-29(53)17-35-40(45(41)57)28(52)16-32(60-35)20-6-9-23(47)43(55)36(20)22-8-11-30-39(42(22)54)27(51)14-31(58-30)18-4-2-1-3-5-18/h1-17,46-49,53-57H. The molecule has 9 N–H and O–H groups in total. The molecule has 15 heteroatoms. The fraction of sp³-hybridized carbons (Fsp3) is 0. The van der Waals surface area contributed by atoms with E-state index in [4.69, 9.17) is 13.3 Å². The van der Waals surface area contributed by atoms with E-state index in [-0.39, 0.29) is 61.5 Å². The summed E-state index contributed by atoms with van der Waals surface area (Å²) in [7, 11) is 0. The van der Waals surface area contributed by atoms with Gasteiger partial charge in [0.2, 0.25) is 0 Å². The van der Waals surface area contributed by atoms with Gasteiger partial charge in [-0.3, -0.25) is 14.4 Å². The molecule has 0 saturated heterocycles. The van der Waals surface area contributed by atoms with E-state index < -0.39 is 90.1 Å². The van der Waals surface area contributed by atoms with Crippen molar-refractivity contribution in [2.75, 3.05) is 0 Å². The van der Waals surface area contributed by atoms with Crippen LogP contribution in [0.1, 0.15) is 0 Å². The normalized spacial score (nSPS) is 11.5. The van der Waals surface area contributed by atoms with Crippen LogP contribution in [0.5, 0.6) is 51.7 Å². The Hall–Kier alpha value is -8.85. The molecule has 296 valence electrons. The largest absolute Gasteiger partial charge is 0.508 e. The third-order valence-corrected chi connectivity index (χ3v) is 10.1. The number of benzene rings is 6. The van der Waals surface area contributed by atoms with Crippen LogP contribution < -0.4 is 16.3 Å². The van der Waals surface area contributed by atoms with Gasteiger partial charge in [-0.15, -0.1) is 0 Å². The van der Waals surface area contributed by atoms with Crippen LogP contribution >= 0.6 is 0 Å². The van der Waals surface area contributed by atoms with Crippen LogP contribution in [0.2, 0.25) is 0 Å².